The zero-order chi connectivity index (χ0) is 16.7. The van der Waals surface area contributed by atoms with Crippen LogP contribution in [0.3, 0.4) is 0 Å². The molecule has 6 heteroatoms. The molecule has 4 rings (SSSR count). The summed E-state index contributed by atoms with van der Waals surface area (Å²) in [6.45, 7) is 2.01. The van der Waals surface area contributed by atoms with Crippen molar-refractivity contribution in [1.82, 2.24) is 19.6 Å². The number of halogens is 2. The Morgan fingerprint density at radius 2 is 1.96 bits per heavy atom. The summed E-state index contributed by atoms with van der Waals surface area (Å²) in [4.78, 5) is 8.67. The molecular formula is C18H12ClFN4. The van der Waals surface area contributed by atoms with Crippen molar-refractivity contribution in [1.29, 1.82) is 0 Å². The number of pyridine rings is 2. The van der Waals surface area contributed by atoms with Crippen LogP contribution in [0.15, 0.2) is 55.1 Å². The highest BCUT2D eigenvalue weighted by molar-refractivity contribution is 6.31. The van der Waals surface area contributed by atoms with E-state index >= 15 is 0 Å². The van der Waals surface area contributed by atoms with E-state index in [0.717, 1.165) is 33.6 Å². The van der Waals surface area contributed by atoms with Crippen LogP contribution in [0.25, 0.3) is 28.0 Å². The summed E-state index contributed by atoms with van der Waals surface area (Å²) in [6, 6.07) is 10.4. The van der Waals surface area contributed by atoms with Gasteiger partial charge in [0.1, 0.15) is 12.1 Å². The van der Waals surface area contributed by atoms with Gasteiger partial charge in [-0.25, -0.2) is 13.9 Å². The van der Waals surface area contributed by atoms with Crippen molar-refractivity contribution >= 4 is 17.2 Å². The van der Waals surface area contributed by atoms with Crippen molar-refractivity contribution < 1.29 is 4.39 Å². The Bertz CT molecular complexity index is 1060. The van der Waals surface area contributed by atoms with Gasteiger partial charge in [-0.2, -0.15) is 5.10 Å². The van der Waals surface area contributed by atoms with Crippen molar-refractivity contribution in [2.24, 2.45) is 0 Å². The van der Waals surface area contributed by atoms with E-state index in [9.17, 15) is 4.39 Å². The Balaban J connectivity index is 1.95. The van der Waals surface area contributed by atoms with Crippen LogP contribution in [-0.2, 0) is 0 Å². The van der Waals surface area contributed by atoms with Crippen LogP contribution in [0.4, 0.5) is 4.39 Å². The number of hydrogen-bond donors (Lipinski definition) is 0. The molecule has 0 spiro atoms. The fraction of sp³-hybridized carbons (Fsp3) is 0.0556. The largest absolute Gasteiger partial charge is 0.256 e. The van der Waals surface area contributed by atoms with Crippen LogP contribution in [0.2, 0.25) is 5.02 Å². The van der Waals surface area contributed by atoms with Gasteiger partial charge < -0.3 is 0 Å². The lowest BCUT2D eigenvalue weighted by Crippen LogP contribution is -1.95. The molecule has 4 aromatic rings. The summed E-state index contributed by atoms with van der Waals surface area (Å²) in [5.41, 5.74) is 5.24. The van der Waals surface area contributed by atoms with Crippen LogP contribution < -0.4 is 0 Å². The Morgan fingerprint density at radius 1 is 1.08 bits per heavy atom. The van der Waals surface area contributed by atoms with E-state index in [2.05, 4.69) is 15.1 Å². The molecule has 24 heavy (non-hydrogen) atoms. The molecule has 0 saturated carbocycles. The van der Waals surface area contributed by atoms with Crippen LogP contribution in [0.1, 0.15) is 5.56 Å². The molecule has 0 amide bonds. The van der Waals surface area contributed by atoms with Gasteiger partial charge in [-0.05, 0) is 42.8 Å². The van der Waals surface area contributed by atoms with Crippen LogP contribution in [-0.4, -0.2) is 19.6 Å². The van der Waals surface area contributed by atoms with Crippen LogP contribution in [0, 0.1) is 12.7 Å². The monoisotopic (exact) mass is 338 g/mol. The smallest absolute Gasteiger partial charge is 0.155 e. The molecule has 0 saturated heterocycles. The minimum atomic E-state index is -0.446. The second-order valence-corrected chi connectivity index (χ2v) is 5.87. The van der Waals surface area contributed by atoms with Crippen molar-refractivity contribution in [2.45, 2.75) is 6.92 Å². The SMILES string of the molecule is Cc1cc2ncnn2cc1-c1cccnc1-c1ccc(F)c(Cl)c1. The minimum Gasteiger partial charge on any atom is -0.256 e. The van der Waals surface area contributed by atoms with E-state index in [1.807, 2.05) is 31.3 Å². The zero-order valence-corrected chi connectivity index (χ0v) is 13.5. The Labute approximate surface area is 142 Å². The van der Waals surface area contributed by atoms with Gasteiger partial charge in [-0.3, -0.25) is 4.98 Å². The summed E-state index contributed by atoms with van der Waals surface area (Å²) in [5.74, 6) is -0.446. The molecule has 0 bridgehead atoms. The van der Waals surface area contributed by atoms with E-state index in [-0.39, 0.29) is 5.02 Å². The molecule has 1 aromatic carbocycles. The molecule has 3 heterocycles. The van der Waals surface area contributed by atoms with Crippen molar-refractivity contribution in [3.8, 4) is 22.4 Å². The Morgan fingerprint density at radius 3 is 2.79 bits per heavy atom. The first-order valence-corrected chi connectivity index (χ1v) is 7.72. The van der Waals surface area contributed by atoms with Gasteiger partial charge in [0.05, 0.1) is 10.7 Å². The maximum Gasteiger partial charge on any atom is 0.155 e. The van der Waals surface area contributed by atoms with E-state index in [1.54, 1.807) is 22.8 Å². The molecule has 0 radical (unpaired) electrons. The van der Waals surface area contributed by atoms with Crippen LogP contribution >= 0.6 is 11.6 Å². The number of aryl methyl sites for hydroxylation is 1. The van der Waals surface area contributed by atoms with E-state index in [4.69, 9.17) is 11.6 Å². The molecule has 0 N–H and O–H groups in total. The topological polar surface area (TPSA) is 43.1 Å². The first-order valence-electron chi connectivity index (χ1n) is 7.34. The van der Waals surface area contributed by atoms with Gasteiger partial charge in [0, 0.05) is 29.1 Å². The van der Waals surface area contributed by atoms with E-state index in [0.29, 0.717) is 0 Å². The first-order chi connectivity index (χ1) is 11.6. The molecule has 0 aliphatic carbocycles. The second-order valence-electron chi connectivity index (χ2n) is 5.46. The third-order valence-corrected chi connectivity index (χ3v) is 4.20. The van der Waals surface area contributed by atoms with Gasteiger partial charge >= 0.3 is 0 Å². The van der Waals surface area contributed by atoms with Gasteiger partial charge in [-0.1, -0.05) is 17.7 Å². The highest BCUT2D eigenvalue weighted by Crippen LogP contribution is 2.33. The van der Waals surface area contributed by atoms with Crippen molar-refractivity contribution in [2.75, 3.05) is 0 Å². The van der Waals surface area contributed by atoms with E-state index in [1.165, 1.54) is 12.4 Å². The van der Waals surface area contributed by atoms with E-state index < -0.39 is 5.82 Å². The lowest BCUT2D eigenvalue weighted by Gasteiger charge is -2.12. The lowest BCUT2D eigenvalue weighted by atomic mass is 9.97. The van der Waals surface area contributed by atoms with Crippen molar-refractivity contribution in [3.63, 3.8) is 0 Å². The normalized spacial score (nSPS) is 11.1. The summed E-state index contributed by atoms with van der Waals surface area (Å²) in [5, 5.41) is 4.26. The lowest BCUT2D eigenvalue weighted by molar-refractivity contribution is 0.628. The molecule has 0 aliphatic rings. The number of fused-ring (bicyclic) bond motifs is 1. The maximum atomic E-state index is 13.5. The fourth-order valence-corrected chi connectivity index (χ4v) is 2.92. The summed E-state index contributed by atoms with van der Waals surface area (Å²) >= 11 is 5.93. The Hall–Kier alpha value is -2.79. The predicted octanol–water partition coefficient (Wildman–Crippen LogP) is 4.56. The molecular weight excluding hydrogens is 327 g/mol. The quantitative estimate of drug-likeness (QED) is 0.538. The van der Waals surface area contributed by atoms with Crippen molar-refractivity contribution in [3.05, 3.63) is 71.5 Å². The van der Waals surface area contributed by atoms with Gasteiger partial charge in [0.15, 0.2) is 5.65 Å². The average Bonchev–Trinajstić information content (AvgIpc) is 3.04. The molecule has 0 atom stereocenters. The molecule has 3 aromatic heterocycles. The number of nitrogens with zero attached hydrogens (tertiary/aromatic N) is 4. The predicted molar refractivity (Wildman–Crippen MR) is 91.4 cm³/mol. The zero-order valence-electron chi connectivity index (χ0n) is 12.7. The molecule has 0 fully saturated rings. The van der Waals surface area contributed by atoms with Gasteiger partial charge in [0.25, 0.3) is 0 Å². The Kier molecular flexibility index (Phi) is 3.50. The highest BCUT2D eigenvalue weighted by atomic mass is 35.5. The maximum absolute atomic E-state index is 13.5. The fourth-order valence-electron chi connectivity index (χ4n) is 2.74. The number of rotatable bonds is 2. The summed E-state index contributed by atoms with van der Waals surface area (Å²) < 4.78 is 15.2. The number of aromatic nitrogens is 4. The summed E-state index contributed by atoms with van der Waals surface area (Å²) in [7, 11) is 0. The summed E-state index contributed by atoms with van der Waals surface area (Å²) in [6.07, 6.45) is 5.14. The molecule has 0 aliphatic heterocycles. The third-order valence-electron chi connectivity index (χ3n) is 3.91. The number of benzene rings is 1. The number of hydrogen-bond acceptors (Lipinski definition) is 3. The van der Waals surface area contributed by atoms with Gasteiger partial charge in [-0.15, -0.1) is 0 Å². The minimum absolute atomic E-state index is 0.0764. The van der Waals surface area contributed by atoms with Crippen LogP contribution in [0.5, 0.6) is 0 Å². The first kappa shape index (κ1) is 14.8. The molecule has 0 unspecified atom stereocenters. The van der Waals surface area contributed by atoms with Gasteiger partial charge in [0.2, 0.25) is 0 Å². The third kappa shape index (κ3) is 2.43. The molecule has 118 valence electrons. The standard InChI is InChI=1S/C18H12ClFN4/c1-11-7-17-22-10-23-24(17)9-14(11)13-3-2-6-21-18(13)12-4-5-16(20)15(19)8-12/h2-10H,1H3. The second kappa shape index (κ2) is 5.69. The highest BCUT2D eigenvalue weighted by Gasteiger charge is 2.13. The average molecular weight is 339 g/mol. The molecule has 4 nitrogen and oxygen atoms in total.